The number of alkyl carbamates (subject to hydrolysis) is 1. The highest BCUT2D eigenvalue weighted by molar-refractivity contribution is 5.68. The monoisotopic (exact) mass is 372 g/mol. The first-order valence-corrected chi connectivity index (χ1v) is 10.7. The Morgan fingerprint density at radius 3 is 2.41 bits per heavy atom. The van der Waals surface area contributed by atoms with Crippen LogP contribution < -0.4 is 5.32 Å². The summed E-state index contributed by atoms with van der Waals surface area (Å²) in [6.07, 6.45) is 6.97. The van der Waals surface area contributed by atoms with Gasteiger partial charge in [0, 0.05) is 12.6 Å². The molecule has 1 saturated heterocycles. The zero-order chi connectivity index (χ0) is 19.3. The topological polar surface area (TPSA) is 41.6 Å². The van der Waals surface area contributed by atoms with E-state index in [0.717, 1.165) is 26.1 Å². The van der Waals surface area contributed by atoms with Crippen LogP contribution in [0.3, 0.4) is 0 Å². The number of nitrogens with one attached hydrogen (secondary N) is 1. The van der Waals surface area contributed by atoms with Crippen LogP contribution in [0.15, 0.2) is 30.3 Å². The van der Waals surface area contributed by atoms with Gasteiger partial charge in [-0.3, -0.25) is 0 Å². The molecule has 150 valence electrons. The van der Waals surface area contributed by atoms with Crippen LogP contribution in [0.5, 0.6) is 0 Å². The molecule has 1 N–H and O–H groups in total. The molecule has 27 heavy (non-hydrogen) atoms. The van der Waals surface area contributed by atoms with Gasteiger partial charge < -0.3 is 15.0 Å². The second-order valence-corrected chi connectivity index (χ2v) is 9.28. The number of hydrogen-bond donors (Lipinski definition) is 1. The Balaban J connectivity index is 1.49. The predicted octanol–water partition coefficient (Wildman–Crippen LogP) is 4.95. The molecular formula is C23H36N2O2. The highest BCUT2D eigenvalue weighted by Gasteiger charge is 2.31. The lowest BCUT2D eigenvalue weighted by atomic mass is 9.83. The largest absolute Gasteiger partial charge is 0.444 e. The molecule has 2 fully saturated rings. The molecule has 1 amide bonds. The summed E-state index contributed by atoms with van der Waals surface area (Å²) in [6.45, 7) is 9.18. The number of benzene rings is 1. The van der Waals surface area contributed by atoms with Crippen molar-refractivity contribution in [3.8, 4) is 0 Å². The summed E-state index contributed by atoms with van der Waals surface area (Å²) < 4.78 is 5.48. The number of carbonyl (C=O) groups excluding carboxylic acids is 1. The molecule has 1 heterocycles. The molecule has 3 rings (SSSR count). The molecule has 0 bridgehead atoms. The van der Waals surface area contributed by atoms with Gasteiger partial charge in [0.2, 0.25) is 0 Å². The van der Waals surface area contributed by atoms with Gasteiger partial charge in [-0.05, 0) is 76.9 Å². The maximum atomic E-state index is 12.2. The van der Waals surface area contributed by atoms with Crippen LogP contribution in [0.1, 0.15) is 70.8 Å². The van der Waals surface area contributed by atoms with E-state index in [4.69, 9.17) is 4.74 Å². The van der Waals surface area contributed by atoms with Gasteiger partial charge in [-0.2, -0.15) is 0 Å². The van der Waals surface area contributed by atoms with Gasteiger partial charge in [-0.1, -0.05) is 43.2 Å². The lowest BCUT2D eigenvalue weighted by molar-refractivity contribution is 0.0449. The van der Waals surface area contributed by atoms with Crippen LogP contribution in [-0.4, -0.2) is 42.3 Å². The van der Waals surface area contributed by atoms with Crippen LogP contribution in [0.4, 0.5) is 4.79 Å². The molecule has 2 atom stereocenters. The Labute approximate surface area is 164 Å². The molecule has 0 radical (unpaired) electrons. The zero-order valence-corrected chi connectivity index (χ0v) is 17.2. The minimum absolute atomic E-state index is 0.250. The Morgan fingerprint density at radius 2 is 1.74 bits per heavy atom. The summed E-state index contributed by atoms with van der Waals surface area (Å²) in [4.78, 5) is 14.8. The number of amides is 1. The third-order valence-corrected chi connectivity index (χ3v) is 5.96. The molecule has 1 aliphatic heterocycles. The maximum Gasteiger partial charge on any atom is 0.407 e. The van der Waals surface area contributed by atoms with E-state index in [2.05, 4.69) is 40.5 Å². The average Bonchev–Trinajstić information content (AvgIpc) is 2.63. The van der Waals surface area contributed by atoms with Crippen molar-refractivity contribution in [2.45, 2.75) is 76.9 Å². The summed E-state index contributed by atoms with van der Waals surface area (Å²) >= 11 is 0. The molecule has 1 aliphatic carbocycles. The van der Waals surface area contributed by atoms with E-state index in [1.165, 1.54) is 37.7 Å². The lowest BCUT2D eigenvalue weighted by Crippen LogP contribution is -2.48. The number of rotatable bonds is 4. The fourth-order valence-corrected chi connectivity index (χ4v) is 4.58. The molecule has 2 unspecified atom stereocenters. The van der Waals surface area contributed by atoms with Gasteiger partial charge in [0.05, 0.1) is 0 Å². The number of ether oxygens (including phenoxy) is 1. The Morgan fingerprint density at radius 1 is 1.07 bits per heavy atom. The smallest absolute Gasteiger partial charge is 0.407 e. The van der Waals surface area contributed by atoms with Gasteiger partial charge in [-0.15, -0.1) is 0 Å². The summed E-state index contributed by atoms with van der Waals surface area (Å²) in [5.41, 5.74) is 1.05. The Kier molecular flexibility index (Phi) is 6.80. The highest BCUT2D eigenvalue weighted by Crippen LogP contribution is 2.31. The quantitative estimate of drug-likeness (QED) is 0.813. The highest BCUT2D eigenvalue weighted by atomic mass is 16.6. The third-order valence-electron chi connectivity index (χ3n) is 5.96. The van der Waals surface area contributed by atoms with Crippen molar-refractivity contribution in [3.05, 3.63) is 35.9 Å². The van der Waals surface area contributed by atoms with E-state index < -0.39 is 5.60 Å². The number of carbonyl (C=O) groups is 1. The second kappa shape index (κ2) is 9.09. The van der Waals surface area contributed by atoms with Gasteiger partial charge in [0.15, 0.2) is 0 Å². The van der Waals surface area contributed by atoms with Gasteiger partial charge >= 0.3 is 6.09 Å². The van der Waals surface area contributed by atoms with Crippen molar-refractivity contribution in [1.82, 2.24) is 10.2 Å². The number of piperidine rings is 1. The number of hydrogen-bond acceptors (Lipinski definition) is 3. The molecule has 4 heteroatoms. The van der Waals surface area contributed by atoms with E-state index in [-0.39, 0.29) is 12.1 Å². The van der Waals surface area contributed by atoms with Crippen molar-refractivity contribution < 1.29 is 9.53 Å². The van der Waals surface area contributed by atoms with Crippen molar-refractivity contribution in [1.29, 1.82) is 0 Å². The first-order valence-electron chi connectivity index (χ1n) is 10.7. The summed E-state index contributed by atoms with van der Waals surface area (Å²) in [5.74, 6) is 1.24. The molecule has 2 aliphatic rings. The second-order valence-electron chi connectivity index (χ2n) is 9.28. The van der Waals surface area contributed by atoms with Crippen LogP contribution in [-0.2, 0) is 4.74 Å². The summed E-state index contributed by atoms with van der Waals surface area (Å²) in [7, 11) is 0. The van der Waals surface area contributed by atoms with E-state index in [9.17, 15) is 4.79 Å². The van der Waals surface area contributed by atoms with Crippen LogP contribution in [0.25, 0.3) is 0 Å². The van der Waals surface area contributed by atoms with Crippen LogP contribution in [0.2, 0.25) is 0 Å². The van der Waals surface area contributed by atoms with E-state index >= 15 is 0 Å². The first-order chi connectivity index (χ1) is 12.9. The number of nitrogens with zero attached hydrogens (tertiary/aromatic N) is 1. The fourth-order valence-electron chi connectivity index (χ4n) is 4.58. The molecule has 1 aromatic carbocycles. The Hall–Kier alpha value is -1.55. The van der Waals surface area contributed by atoms with Crippen molar-refractivity contribution in [2.75, 3.05) is 19.6 Å². The Bertz CT molecular complexity index is 588. The molecule has 1 aromatic rings. The lowest BCUT2D eigenvalue weighted by Gasteiger charge is -2.39. The molecule has 1 saturated carbocycles. The number of likely N-dealkylation sites (tertiary alicyclic amines) is 1. The van der Waals surface area contributed by atoms with Gasteiger partial charge in [0.1, 0.15) is 5.60 Å². The normalized spacial score (nSPS) is 25.1. The third kappa shape index (κ3) is 6.24. The predicted molar refractivity (Wildman–Crippen MR) is 110 cm³/mol. The molecule has 4 nitrogen and oxygen atoms in total. The molecule has 0 spiro atoms. The first kappa shape index (κ1) is 20.2. The van der Waals surface area contributed by atoms with Crippen LogP contribution >= 0.6 is 0 Å². The average molecular weight is 373 g/mol. The fraction of sp³-hybridized carbons (Fsp3) is 0.696. The van der Waals surface area contributed by atoms with Crippen LogP contribution in [0, 0.1) is 5.92 Å². The molecular weight excluding hydrogens is 336 g/mol. The minimum atomic E-state index is -0.437. The SMILES string of the molecule is CC(C)(C)OC(=O)NC1CCCCC1CN1CCC(c2ccccc2)CC1. The van der Waals surface area contributed by atoms with Gasteiger partial charge in [-0.25, -0.2) is 4.79 Å². The minimum Gasteiger partial charge on any atom is -0.444 e. The van der Waals surface area contributed by atoms with Gasteiger partial charge in [0.25, 0.3) is 0 Å². The zero-order valence-electron chi connectivity index (χ0n) is 17.2. The maximum absolute atomic E-state index is 12.2. The van der Waals surface area contributed by atoms with Crippen molar-refractivity contribution >= 4 is 6.09 Å². The summed E-state index contributed by atoms with van der Waals surface area (Å²) in [6, 6.07) is 11.2. The van der Waals surface area contributed by atoms with E-state index in [1.54, 1.807) is 0 Å². The summed E-state index contributed by atoms with van der Waals surface area (Å²) in [5, 5.41) is 3.16. The van der Waals surface area contributed by atoms with E-state index in [1.807, 2.05) is 20.8 Å². The standard InChI is InChI=1S/C23H36N2O2/c1-23(2,3)27-22(26)24-21-12-8-7-11-20(21)17-25-15-13-19(14-16-25)18-9-5-4-6-10-18/h4-6,9-10,19-21H,7-8,11-17H2,1-3H3,(H,24,26). The van der Waals surface area contributed by atoms with Crippen molar-refractivity contribution in [3.63, 3.8) is 0 Å². The van der Waals surface area contributed by atoms with Crippen molar-refractivity contribution in [2.24, 2.45) is 5.92 Å². The van der Waals surface area contributed by atoms with E-state index in [0.29, 0.717) is 11.8 Å². The molecule has 0 aromatic heterocycles.